The maximum absolute atomic E-state index is 13.4. The number of nitrogens with two attached hydrogens (primary N) is 1. The minimum absolute atomic E-state index is 0.00365. The quantitative estimate of drug-likeness (QED) is 0.829. The molecule has 0 amide bonds. The predicted molar refractivity (Wildman–Crippen MR) is 64.9 cm³/mol. The van der Waals surface area contributed by atoms with E-state index >= 15 is 0 Å². The first-order valence-corrected chi connectivity index (χ1v) is 5.78. The molecule has 2 aromatic rings. The van der Waals surface area contributed by atoms with Gasteiger partial charge in [-0.2, -0.15) is 0 Å². The van der Waals surface area contributed by atoms with E-state index in [4.69, 9.17) is 5.73 Å². The number of thiazole rings is 1. The molecule has 0 saturated heterocycles. The summed E-state index contributed by atoms with van der Waals surface area (Å²) in [6.07, 6.45) is 1.69. The van der Waals surface area contributed by atoms with Gasteiger partial charge in [-0.3, -0.25) is 0 Å². The van der Waals surface area contributed by atoms with Crippen LogP contribution in [0.2, 0.25) is 0 Å². The summed E-state index contributed by atoms with van der Waals surface area (Å²) >= 11 is 1.49. The number of anilines is 2. The molecule has 3 N–H and O–H groups in total. The molecule has 0 aliphatic heterocycles. The lowest BCUT2D eigenvalue weighted by Crippen LogP contribution is -2.05. The lowest BCUT2D eigenvalue weighted by molar-refractivity contribution is 0.511. The number of aryl methyl sites for hydroxylation is 1. The highest BCUT2D eigenvalue weighted by atomic mass is 32.1. The molecule has 0 fully saturated rings. The highest BCUT2D eigenvalue weighted by Gasteiger charge is 2.11. The van der Waals surface area contributed by atoms with Gasteiger partial charge in [0.1, 0.15) is 0 Å². The Morgan fingerprint density at radius 1 is 1.41 bits per heavy atom. The first kappa shape index (κ1) is 11.8. The van der Waals surface area contributed by atoms with Crippen LogP contribution in [0.3, 0.4) is 0 Å². The Morgan fingerprint density at radius 3 is 2.82 bits per heavy atom. The third-order valence-corrected chi connectivity index (χ3v) is 3.15. The van der Waals surface area contributed by atoms with Gasteiger partial charge in [0, 0.05) is 11.1 Å². The summed E-state index contributed by atoms with van der Waals surface area (Å²) in [5, 5.41) is 3.71. The maximum Gasteiger partial charge on any atom is 0.183 e. The zero-order valence-electron chi connectivity index (χ0n) is 9.13. The molecule has 0 aliphatic carbocycles. The van der Waals surface area contributed by atoms with Crippen LogP contribution in [0.15, 0.2) is 18.3 Å². The molecule has 3 nitrogen and oxygen atoms in total. The van der Waals surface area contributed by atoms with Gasteiger partial charge in [-0.1, -0.05) is 0 Å². The molecule has 0 saturated carbocycles. The fourth-order valence-electron chi connectivity index (χ4n) is 1.41. The van der Waals surface area contributed by atoms with Crippen molar-refractivity contribution in [1.29, 1.82) is 0 Å². The van der Waals surface area contributed by atoms with Gasteiger partial charge in [0.25, 0.3) is 0 Å². The molecule has 0 unspecified atom stereocenters. The van der Waals surface area contributed by atoms with Crippen LogP contribution >= 0.6 is 11.3 Å². The Labute approximate surface area is 101 Å². The van der Waals surface area contributed by atoms with Gasteiger partial charge in [-0.15, -0.1) is 11.3 Å². The van der Waals surface area contributed by atoms with Crippen LogP contribution < -0.4 is 11.1 Å². The zero-order chi connectivity index (χ0) is 12.4. The second-order valence-electron chi connectivity index (χ2n) is 3.52. The number of halogens is 2. The number of nitrogens with one attached hydrogen (secondary N) is 1. The third-order valence-electron chi connectivity index (χ3n) is 2.24. The second kappa shape index (κ2) is 4.67. The molecule has 0 aliphatic rings. The highest BCUT2D eigenvalue weighted by Crippen LogP contribution is 2.25. The van der Waals surface area contributed by atoms with E-state index in [0.717, 1.165) is 16.0 Å². The van der Waals surface area contributed by atoms with E-state index in [1.165, 1.54) is 17.4 Å². The van der Waals surface area contributed by atoms with Crippen molar-refractivity contribution < 1.29 is 8.78 Å². The summed E-state index contributed by atoms with van der Waals surface area (Å²) in [6.45, 7) is 2.25. The van der Waals surface area contributed by atoms with E-state index in [1.54, 1.807) is 6.20 Å². The number of aromatic nitrogens is 1. The summed E-state index contributed by atoms with van der Waals surface area (Å²) < 4.78 is 26.4. The average molecular weight is 255 g/mol. The summed E-state index contributed by atoms with van der Waals surface area (Å²) in [6, 6.07) is 2.34. The van der Waals surface area contributed by atoms with Gasteiger partial charge in [-0.05, 0) is 19.1 Å². The highest BCUT2D eigenvalue weighted by molar-refractivity contribution is 7.11. The van der Waals surface area contributed by atoms with Crippen LogP contribution in [0.4, 0.5) is 20.2 Å². The molecular formula is C11H11F2N3S. The molecule has 1 heterocycles. The molecule has 0 atom stereocenters. The van der Waals surface area contributed by atoms with Crippen LogP contribution in [0.5, 0.6) is 0 Å². The summed E-state index contributed by atoms with van der Waals surface area (Å²) in [7, 11) is 0. The van der Waals surface area contributed by atoms with Crippen molar-refractivity contribution >= 4 is 22.7 Å². The zero-order valence-corrected chi connectivity index (χ0v) is 9.94. The normalized spacial score (nSPS) is 10.5. The topological polar surface area (TPSA) is 50.9 Å². The van der Waals surface area contributed by atoms with Crippen molar-refractivity contribution in [3.8, 4) is 0 Å². The summed E-state index contributed by atoms with van der Waals surface area (Å²) in [5.41, 5.74) is 5.76. The first-order valence-electron chi connectivity index (χ1n) is 4.96. The molecule has 90 valence electrons. The van der Waals surface area contributed by atoms with Crippen molar-refractivity contribution in [1.82, 2.24) is 4.98 Å². The van der Waals surface area contributed by atoms with E-state index in [1.807, 2.05) is 6.92 Å². The molecule has 2 rings (SSSR count). The molecule has 0 radical (unpaired) electrons. The fraction of sp³-hybridized carbons (Fsp3) is 0.182. The van der Waals surface area contributed by atoms with Gasteiger partial charge in [0.2, 0.25) is 0 Å². The van der Waals surface area contributed by atoms with Crippen LogP contribution in [-0.2, 0) is 6.54 Å². The molecule has 0 spiro atoms. The number of benzene rings is 1. The molecular weight excluding hydrogens is 244 g/mol. The Balaban J connectivity index is 2.16. The van der Waals surface area contributed by atoms with E-state index in [9.17, 15) is 8.78 Å². The lowest BCUT2D eigenvalue weighted by Gasteiger charge is -2.09. The standard InChI is InChI=1S/C11H11F2N3S/c1-6-15-4-7(17-6)5-16-11-9(14)3-2-8(12)10(11)13/h2-4,16H,5,14H2,1H3. The van der Waals surface area contributed by atoms with E-state index in [2.05, 4.69) is 10.3 Å². The number of nitrogen functional groups attached to an aromatic ring is 1. The van der Waals surface area contributed by atoms with E-state index in [-0.39, 0.29) is 11.4 Å². The number of rotatable bonds is 3. The van der Waals surface area contributed by atoms with Crippen molar-refractivity contribution in [2.45, 2.75) is 13.5 Å². The first-order chi connectivity index (χ1) is 8.08. The lowest BCUT2D eigenvalue weighted by atomic mass is 10.2. The Morgan fingerprint density at radius 2 is 2.18 bits per heavy atom. The average Bonchev–Trinajstić information content (AvgIpc) is 2.70. The summed E-state index contributed by atoms with van der Waals surface area (Å²) in [4.78, 5) is 5.01. The molecule has 1 aromatic carbocycles. The van der Waals surface area contributed by atoms with Crippen LogP contribution in [0.1, 0.15) is 9.88 Å². The maximum atomic E-state index is 13.4. The van der Waals surface area contributed by atoms with Crippen LogP contribution in [-0.4, -0.2) is 4.98 Å². The van der Waals surface area contributed by atoms with Crippen LogP contribution in [0, 0.1) is 18.6 Å². The van der Waals surface area contributed by atoms with Crippen molar-refractivity contribution in [3.63, 3.8) is 0 Å². The van der Waals surface area contributed by atoms with Gasteiger partial charge in [0.15, 0.2) is 11.6 Å². The predicted octanol–water partition coefficient (Wildman–Crippen LogP) is 2.92. The van der Waals surface area contributed by atoms with Crippen molar-refractivity contribution in [2.75, 3.05) is 11.1 Å². The van der Waals surface area contributed by atoms with Crippen molar-refractivity contribution in [2.24, 2.45) is 0 Å². The van der Waals surface area contributed by atoms with E-state index in [0.29, 0.717) is 6.54 Å². The third kappa shape index (κ3) is 2.52. The minimum Gasteiger partial charge on any atom is -0.397 e. The Bertz CT molecular complexity index is 540. The van der Waals surface area contributed by atoms with Crippen molar-refractivity contribution in [3.05, 3.63) is 39.8 Å². The van der Waals surface area contributed by atoms with Crippen LogP contribution in [0.25, 0.3) is 0 Å². The smallest absolute Gasteiger partial charge is 0.183 e. The monoisotopic (exact) mass is 255 g/mol. The number of hydrogen-bond donors (Lipinski definition) is 2. The number of nitrogens with zero attached hydrogens (tertiary/aromatic N) is 1. The molecule has 17 heavy (non-hydrogen) atoms. The second-order valence-corrected chi connectivity index (χ2v) is 4.84. The van der Waals surface area contributed by atoms with E-state index < -0.39 is 11.6 Å². The number of hydrogen-bond acceptors (Lipinski definition) is 4. The van der Waals surface area contributed by atoms with Gasteiger partial charge in [-0.25, -0.2) is 13.8 Å². The minimum atomic E-state index is -0.953. The van der Waals surface area contributed by atoms with Gasteiger partial charge < -0.3 is 11.1 Å². The Hall–Kier alpha value is -1.69. The summed E-state index contributed by atoms with van der Waals surface area (Å²) in [5.74, 6) is -1.87. The fourth-order valence-corrected chi connectivity index (χ4v) is 2.14. The SMILES string of the molecule is Cc1ncc(CNc2c(N)ccc(F)c2F)s1. The van der Waals surface area contributed by atoms with Gasteiger partial charge >= 0.3 is 0 Å². The Kier molecular flexibility index (Phi) is 3.23. The molecule has 0 bridgehead atoms. The molecule has 6 heteroatoms. The largest absolute Gasteiger partial charge is 0.397 e. The van der Waals surface area contributed by atoms with Gasteiger partial charge in [0.05, 0.1) is 22.9 Å². The molecule has 1 aromatic heterocycles.